The van der Waals surface area contributed by atoms with Crippen LogP contribution in [-0.4, -0.2) is 36.3 Å². The molecule has 0 aliphatic heterocycles. The van der Waals surface area contributed by atoms with Gasteiger partial charge < -0.3 is 10.6 Å². The largest absolute Gasteiger partial charge is 0.326 e. The molecule has 126 valence electrons. The first-order valence-electron chi connectivity index (χ1n) is 8.32. The van der Waals surface area contributed by atoms with Gasteiger partial charge in [0.15, 0.2) is 0 Å². The molecule has 5 heteroatoms. The Bertz CT molecular complexity index is 551. The fourth-order valence-corrected chi connectivity index (χ4v) is 3.12. The first kappa shape index (κ1) is 17.5. The summed E-state index contributed by atoms with van der Waals surface area (Å²) in [5, 5.41) is 5.62. The number of nitrogens with zero attached hydrogens (tertiary/aromatic N) is 1. The second-order valence-corrected chi connectivity index (χ2v) is 6.64. The van der Waals surface area contributed by atoms with Crippen LogP contribution in [0.3, 0.4) is 0 Å². The van der Waals surface area contributed by atoms with Crippen molar-refractivity contribution in [3.8, 4) is 0 Å². The average Bonchev–Trinajstić information content (AvgIpc) is 2.47. The minimum Gasteiger partial charge on any atom is -0.326 e. The van der Waals surface area contributed by atoms with Gasteiger partial charge in [0, 0.05) is 24.3 Å². The summed E-state index contributed by atoms with van der Waals surface area (Å²) in [6, 6.07) is 7.70. The van der Waals surface area contributed by atoms with E-state index in [1.165, 1.54) is 32.6 Å². The standard InChI is InChI=1S/C18H27N3O2/c1-13-7-9-17(10-8-13)21(3)12-18(23)20-16-6-4-5-15(11-16)19-14(2)22/h4-6,11,13,17H,7-10,12H2,1-3H3,(H,19,22)(H,20,23). The Hall–Kier alpha value is -1.88. The van der Waals surface area contributed by atoms with Crippen molar-refractivity contribution in [2.45, 2.75) is 45.6 Å². The lowest BCUT2D eigenvalue weighted by Crippen LogP contribution is -2.39. The summed E-state index contributed by atoms with van der Waals surface area (Å²) in [7, 11) is 2.02. The Morgan fingerprint density at radius 1 is 1.13 bits per heavy atom. The third kappa shape index (κ3) is 5.67. The number of nitrogens with one attached hydrogen (secondary N) is 2. The van der Waals surface area contributed by atoms with Crippen molar-refractivity contribution < 1.29 is 9.59 Å². The number of carbonyl (C=O) groups is 2. The SMILES string of the molecule is CC(=O)Nc1cccc(NC(=O)CN(C)C2CCC(C)CC2)c1. The molecule has 1 saturated carbocycles. The quantitative estimate of drug-likeness (QED) is 0.877. The van der Waals surface area contributed by atoms with Crippen LogP contribution in [0, 0.1) is 5.92 Å². The van der Waals surface area contributed by atoms with Crippen molar-refractivity contribution in [2.24, 2.45) is 5.92 Å². The topological polar surface area (TPSA) is 61.4 Å². The molecule has 23 heavy (non-hydrogen) atoms. The summed E-state index contributed by atoms with van der Waals surface area (Å²) in [5.41, 5.74) is 1.39. The van der Waals surface area contributed by atoms with Crippen LogP contribution in [0.15, 0.2) is 24.3 Å². The van der Waals surface area contributed by atoms with Crippen molar-refractivity contribution in [3.63, 3.8) is 0 Å². The number of anilines is 2. The minimum absolute atomic E-state index is 0.0221. The van der Waals surface area contributed by atoms with Gasteiger partial charge in [0.2, 0.25) is 11.8 Å². The molecule has 2 rings (SSSR count). The van der Waals surface area contributed by atoms with Gasteiger partial charge in [0.05, 0.1) is 6.54 Å². The fourth-order valence-electron chi connectivity index (χ4n) is 3.12. The molecule has 0 radical (unpaired) electrons. The van der Waals surface area contributed by atoms with Crippen LogP contribution in [0.5, 0.6) is 0 Å². The maximum atomic E-state index is 12.2. The zero-order chi connectivity index (χ0) is 16.8. The second kappa shape index (κ2) is 8.11. The molecule has 2 N–H and O–H groups in total. The zero-order valence-corrected chi connectivity index (χ0v) is 14.3. The zero-order valence-electron chi connectivity index (χ0n) is 14.3. The molecule has 1 aromatic carbocycles. The van der Waals surface area contributed by atoms with E-state index < -0.39 is 0 Å². The monoisotopic (exact) mass is 317 g/mol. The summed E-state index contributed by atoms with van der Waals surface area (Å²) < 4.78 is 0. The van der Waals surface area contributed by atoms with Crippen LogP contribution in [0.25, 0.3) is 0 Å². The van der Waals surface area contributed by atoms with E-state index in [2.05, 4.69) is 22.5 Å². The normalized spacial score (nSPS) is 21.0. The van der Waals surface area contributed by atoms with Gasteiger partial charge in [0.25, 0.3) is 0 Å². The van der Waals surface area contributed by atoms with E-state index in [0.29, 0.717) is 24.0 Å². The summed E-state index contributed by atoms with van der Waals surface area (Å²) in [4.78, 5) is 25.5. The Morgan fingerprint density at radius 3 is 2.35 bits per heavy atom. The van der Waals surface area contributed by atoms with E-state index in [4.69, 9.17) is 0 Å². The lowest BCUT2D eigenvalue weighted by Gasteiger charge is -2.33. The summed E-state index contributed by atoms with van der Waals surface area (Å²) in [6.45, 7) is 4.15. The summed E-state index contributed by atoms with van der Waals surface area (Å²) >= 11 is 0. The highest BCUT2D eigenvalue weighted by atomic mass is 16.2. The Morgan fingerprint density at radius 2 is 1.74 bits per heavy atom. The van der Waals surface area contributed by atoms with Gasteiger partial charge in [-0.3, -0.25) is 14.5 Å². The molecular formula is C18H27N3O2. The molecule has 1 aliphatic carbocycles. The molecule has 0 aromatic heterocycles. The summed E-state index contributed by atoms with van der Waals surface area (Å²) in [6.07, 6.45) is 4.83. The van der Waals surface area contributed by atoms with Crippen LogP contribution >= 0.6 is 0 Å². The van der Waals surface area contributed by atoms with Crippen molar-refractivity contribution in [1.29, 1.82) is 0 Å². The number of hydrogen-bond donors (Lipinski definition) is 2. The van der Waals surface area contributed by atoms with Gasteiger partial charge in [-0.05, 0) is 56.8 Å². The highest BCUT2D eigenvalue weighted by Gasteiger charge is 2.22. The molecule has 0 spiro atoms. The van der Waals surface area contributed by atoms with Crippen molar-refractivity contribution in [3.05, 3.63) is 24.3 Å². The third-order valence-corrected chi connectivity index (χ3v) is 4.47. The predicted molar refractivity (Wildman–Crippen MR) is 93.4 cm³/mol. The fraction of sp³-hybridized carbons (Fsp3) is 0.556. The van der Waals surface area contributed by atoms with E-state index in [1.54, 1.807) is 12.1 Å². The Kier molecular flexibility index (Phi) is 6.16. The lowest BCUT2D eigenvalue weighted by atomic mass is 9.87. The highest BCUT2D eigenvalue weighted by Crippen LogP contribution is 2.26. The smallest absolute Gasteiger partial charge is 0.238 e. The van der Waals surface area contributed by atoms with Crippen molar-refractivity contribution in [2.75, 3.05) is 24.2 Å². The third-order valence-electron chi connectivity index (χ3n) is 4.47. The van der Waals surface area contributed by atoms with Gasteiger partial charge in [0.1, 0.15) is 0 Å². The van der Waals surface area contributed by atoms with Crippen LogP contribution in [0.1, 0.15) is 39.5 Å². The Labute approximate surface area is 138 Å². The first-order chi connectivity index (χ1) is 10.9. The molecule has 1 aromatic rings. The van der Waals surface area contributed by atoms with E-state index >= 15 is 0 Å². The lowest BCUT2D eigenvalue weighted by molar-refractivity contribution is -0.117. The maximum Gasteiger partial charge on any atom is 0.238 e. The molecule has 1 aliphatic rings. The molecule has 1 fully saturated rings. The average molecular weight is 317 g/mol. The molecule has 5 nitrogen and oxygen atoms in total. The van der Waals surface area contributed by atoms with E-state index in [-0.39, 0.29) is 11.8 Å². The van der Waals surface area contributed by atoms with Crippen LogP contribution in [0.4, 0.5) is 11.4 Å². The molecule has 0 heterocycles. The molecule has 0 atom stereocenters. The van der Waals surface area contributed by atoms with Crippen molar-refractivity contribution in [1.82, 2.24) is 4.90 Å². The summed E-state index contributed by atoms with van der Waals surface area (Å²) in [5.74, 6) is 0.663. The highest BCUT2D eigenvalue weighted by molar-refractivity contribution is 5.94. The van der Waals surface area contributed by atoms with Crippen LogP contribution < -0.4 is 10.6 Å². The molecular weight excluding hydrogens is 290 g/mol. The number of amides is 2. The van der Waals surface area contributed by atoms with Gasteiger partial charge in [-0.25, -0.2) is 0 Å². The van der Waals surface area contributed by atoms with Crippen LogP contribution in [0.2, 0.25) is 0 Å². The molecule has 2 amide bonds. The number of benzene rings is 1. The van der Waals surface area contributed by atoms with E-state index in [0.717, 1.165) is 5.92 Å². The Balaban J connectivity index is 1.85. The first-order valence-corrected chi connectivity index (χ1v) is 8.32. The van der Waals surface area contributed by atoms with Crippen molar-refractivity contribution >= 4 is 23.2 Å². The second-order valence-electron chi connectivity index (χ2n) is 6.64. The predicted octanol–water partition coefficient (Wildman–Crippen LogP) is 3.09. The molecule has 0 bridgehead atoms. The number of likely N-dealkylation sites (N-methyl/N-ethyl adjacent to an activating group) is 1. The van der Waals surface area contributed by atoms with Gasteiger partial charge in [-0.1, -0.05) is 13.0 Å². The van der Waals surface area contributed by atoms with Gasteiger partial charge >= 0.3 is 0 Å². The number of hydrogen-bond acceptors (Lipinski definition) is 3. The number of carbonyl (C=O) groups excluding carboxylic acids is 2. The minimum atomic E-state index is -0.125. The van der Waals surface area contributed by atoms with E-state index in [9.17, 15) is 9.59 Å². The number of rotatable bonds is 5. The van der Waals surface area contributed by atoms with Crippen LogP contribution in [-0.2, 0) is 9.59 Å². The van der Waals surface area contributed by atoms with E-state index in [1.807, 2.05) is 19.2 Å². The van der Waals surface area contributed by atoms with Gasteiger partial charge in [-0.2, -0.15) is 0 Å². The molecule has 0 saturated heterocycles. The maximum absolute atomic E-state index is 12.2. The van der Waals surface area contributed by atoms with Gasteiger partial charge in [-0.15, -0.1) is 0 Å². The molecule has 0 unspecified atom stereocenters.